The van der Waals surface area contributed by atoms with Gasteiger partial charge in [0.1, 0.15) is 17.1 Å². The Morgan fingerprint density at radius 3 is 2.25 bits per heavy atom. The Hall–Kier alpha value is -4.38. The maximum Gasteiger partial charge on any atom is 0.573 e. The molecule has 1 saturated carbocycles. The molecule has 0 spiro atoms. The number of rotatable bonds is 7. The summed E-state index contributed by atoms with van der Waals surface area (Å²) in [5.74, 6) is -0.550. The van der Waals surface area contributed by atoms with Crippen molar-refractivity contribution in [2.75, 3.05) is 0 Å². The lowest BCUT2D eigenvalue weighted by molar-refractivity contribution is -0.274. The fourth-order valence-electron chi connectivity index (χ4n) is 6.60. The Morgan fingerprint density at radius 1 is 0.917 bits per heavy atom. The van der Waals surface area contributed by atoms with E-state index in [9.17, 15) is 22.8 Å². The average molecular weight is 724 g/mol. The van der Waals surface area contributed by atoms with Crippen molar-refractivity contribution in [3.05, 3.63) is 100 Å². The molecule has 1 N–H and O–H groups in total. The Morgan fingerprint density at radius 2 is 1.58 bits per heavy atom. The van der Waals surface area contributed by atoms with Gasteiger partial charge in [-0.15, -0.1) is 13.2 Å². The summed E-state index contributed by atoms with van der Waals surface area (Å²) in [4.78, 5) is 33.0. The number of pyridine rings is 1. The molecule has 3 aliphatic carbocycles. The van der Waals surface area contributed by atoms with E-state index in [1.807, 2.05) is 24.3 Å². The third kappa shape index (κ3) is 6.65. The zero-order valence-corrected chi connectivity index (χ0v) is 28.4. The first-order valence-electron chi connectivity index (χ1n) is 15.6. The van der Waals surface area contributed by atoms with Crippen molar-refractivity contribution in [1.82, 2.24) is 10.3 Å². The Bertz CT molecular complexity index is 1930. The standard InChI is InChI=1S/C37H34BrF3N2O5/c1-22-30(26-20-23(38)14-15-28(26)42-32(22)46-24-10-6-5-7-11-24)31(44)43-36-18-16-35(17-19-36,33(45)48-34(2,3)4)21-27(36)25-12-8-9-13-29(25)47-37(39,40)41/h5-15,20-21H,16-19H2,1-4H3,(H,43,44). The minimum Gasteiger partial charge on any atom is -0.459 e. The summed E-state index contributed by atoms with van der Waals surface area (Å²) in [7, 11) is 0. The lowest BCUT2D eigenvalue weighted by Crippen LogP contribution is -2.58. The van der Waals surface area contributed by atoms with Crippen LogP contribution in [0.5, 0.6) is 17.4 Å². The number of benzene rings is 3. The molecule has 1 amide bonds. The lowest BCUT2D eigenvalue weighted by atomic mass is 9.57. The number of ether oxygens (including phenoxy) is 3. The number of hydrogen-bond donors (Lipinski definition) is 1. The summed E-state index contributed by atoms with van der Waals surface area (Å²) in [5.41, 5.74) is -1.15. The van der Waals surface area contributed by atoms with Gasteiger partial charge in [-0.3, -0.25) is 9.59 Å². The van der Waals surface area contributed by atoms with E-state index in [1.54, 1.807) is 64.1 Å². The minimum atomic E-state index is -4.96. The molecule has 48 heavy (non-hydrogen) atoms. The maximum absolute atomic E-state index is 14.6. The van der Waals surface area contributed by atoms with E-state index in [1.165, 1.54) is 18.2 Å². The van der Waals surface area contributed by atoms with E-state index in [0.717, 1.165) is 4.47 Å². The highest BCUT2D eigenvalue weighted by Crippen LogP contribution is 2.56. The second-order valence-corrected chi connectivity index (χ2v) is 14.2. The van der Waals surface area contributed by atoms with E-state index >= 15 is 0 Å². The summed E-state index contributed by atoms with van der Waals surface area (Å²) in [6.07, 6.45) is -2.05. The number of fused-ring (bicyclic) bond motifs is 3. The first kappa shape index (κ1) is 33.5. The number of nitrogens with zero attached hydrogens (tertiary/aromatic N) is 1. The van der Waals surface area contributed by atoms with Crippen LogP contribution in [-0.4, -0.2) is 34.4 Å². The van der Waals surface area contributed by atoms with E-state index < -0.39 is 40.5 Å². The van der Waals surface area contributed by atoms with Crippen molar-refractivity contribution >= 4 is 44.3 Å². The first-order chi connectivity index (χ1) is 22.6. The van der Waals surface area contributed by atoms with Gasteiger partial charge in [-0.1, -0.05) is 58.4 Å². The van der Waals surface area contributed by atoms with Crippen molar-refractivity contribution in [1.29, 1.82) is 0 Å². The summed E-state index contributed by atoms with van der Waals surface area (Å²) in [6, 6.07) is 20.3. The number of aromatic nitrogens is 1. The van der Waals surface area contributed by atoms with E-state index in [0.29, 0.717) is 46.2 Å². The molecule has 1 aromatic heterocycles. The number of carbonyl (C=O) groups is 2. The van der Waals surface area contributed by atoms with Crippen molar-refractivity contribution < 1.29 is 37.0 Å². The Labute approximate surface area is 284 Å². The molecule has 0 aliphatic heterocycles. The molecule has 1 fully saturated rings. The van der Waals surface area contributed by atoms with Gasteiger partial charge in [-0.25, -0.2) is 4.98 Å². The molecular formula is C37H34BrF3N2O5. The van der Waals surface area contributed by atoms with Crippen molar-refractivity contribution in [2.24, 2.45) is 5.41 Å². The van der Waals surface area contributed by atoms with E-state index in [4.69, 9.17) is 14.5 Å². The van der Waals surface area contributed by atoms with Gasteiger partial charge in [0, 0.05) is 21.0 Å². The number of nitrogens with one attached hydrogen (secondary N) is 1. The smallest absolute Gasteiger partial charge is 0.459 e. The number of halogens is 4. The third-order valence-electron chi connectivity index (χ3n) is 8.82. The zero-order chi connectivity index (χ0) is 34.5. The number of alkyl halides is 3. The van der Waals surface area contributed by atoms with Gasteiger partial charge < -0.3 is 19.5 Å². The predicted octanol–water partition coefficient (Wildman–Crippen LogP) is 9.46. The summed E-state index contributed by atoms with van der Waals surface area (Å²) < 4.78 is 57.9. The van der Waals surface area contributed by atoms with Crippen LogP contribution in [0.1, 0.15) is 67.9 Å². The molecule has 3 aromatic carbocycles. The van der Waals surface area contributed by atoms with Gasteiger partial charge in [0.15, 0.2) is 0 Å². The van der Waals surface area contributed by atoms with Crippen LogP contribution in [0.3, 0.4) is 0 Å². The van der Waals surface area contributed by atoms with Gasteiger partial charge in [0.05, 0.1) is 22.0 Å². The lowest BCUT2D eigenvalue weighted by Gasteiger charge is -2.52. The topological polar surface area (TPSA) is 86.8 Å². The molecule has 1 heterocycles. The highest BCUT2D eigenvalue weighted by atomic mass is 79.9. The summed E-state index contributed by atoms with van der Waals surface area (Å²) in [6.45, 7) is 7.05. The summed E-state index contributed by atoms with van der Waals surface area (Å²) >= 11 is 3.50. The van der Waals surface area contributed by atoms with E-state index in [-0.39, 0.29) is 24.3 Å². The van der Waals surface area contributed by atoms with Crippen LogP contribution in [0.4, 0.5) is 13.2 Å². The predicted molar refractivity (Wildman–Crippen MR) is 179 cm³/mol. The molecule has 7 rings (SSSR count). The van der Waals surface area contributed by atoms with Gasteiger partial charge in [-0.05, 0) is 95.3 Å². The minimum absolute atomic E-state index is 0.134. The van der Waals surface area contributed by atoms with Crippen LogP contribution in [0, 0.1) is 12.3 Å². The zero-order valence-electron chi connectivity index (χ0n) is 26.8. The Balaban J connectivity index is 1.47. The maximum atomic E-state index is 14.6. The molecule has 11 heteroatoms. The first-order valence-corrected chi connectivity index (χ1v) is 16.3. The molecule has 0 atom stereocenters. The molecule has 2 bridgehead atoms. The quantitative estimate of drug-likeness (QED) is 0.191. The highest BCUT2D eigenvalue weighted by molar-refractivity contribution is 9.10. The van der Waals surface area contributed by atoms with E-state index in [2.05, 4.69) is 26.0 Å². The number of carbonyl (C=O) groups excluding carboxylic acids is 2. The fraction of sp³-hybridized carbons (Fsp3) is 0.324. The summed E-state index contributed by atoms with van der Waals surface area (Å²) in [5, 5.41) is 3.79. The van der Waals surface area contributed by atoms with Gasteiger partial charge in [0.25, 0.3) is 5.91 Å². The molecule has 7 nitrogen and oxygen atoms in total. The van der Waals surface area contributed by atoms with Crippen LogP contribution >= 0.6 is 15.9 Å². The second-order valence-electron chi connectivity index (χ2n) is 13.3. The van der Waals surface area contributed by atoms with Gasteiger partial charge in [0.2, 0.25) is 5.88 Å². The SMILES string of the molecule is Cc1c(Oc2ccccc2)nc2ccc(Br)cc2c1C(=O)NC12CCC(C(=O)OC(C)(C)C)(C=C1c1ccccc1OC(F)(F)F)CC2. The Kier molecular flexibility index (Phi) is 8.56. The molecule has 4 aromatic rings. The molecule has 250 valence electrons. The van der Waals surface area contributed by atoms with Crippen LogP contribution in [-0.2, 0) is 9.53 Å². The number of amides is 1. The molecule has 0 radical (unpaired) electrons. The number of esters is 1. The number of hydrogen-bond acceptors (Lipinski definition) is 6. The van der Waals surface area contributed by atoms with Crippen LogP contribution < -0.4 is 14.8 Å². The highest BCUT2D eigenvalue weighted by Gasteiger charge is 2.55. The van der Waals surface area contributed by atoms with Gasteiger partial charge >= 0.3 is 12.3 Å². The average Bonchev–Trinajstić information content (AvgIpc) is 3.01. The molecule has 0 saturated heterocycles. The third-order valence-corrected chi connectivity index (χ3v) is 9.32. The normalized spacial score (nSPS) is 20.6. The van der Waals surface area contributed by atoms with Crippen molar-refractivity contribution in [3.63, 3.8) is 0 Å². The fourth-order valence-corrected chi connectivity index (χ4v) is 6.97. The number of para-hydroxylation sites is 2. The van der Waals surface area contributed by atoms with Crippen LogP contribution in [0.15, 0.2) is 83.3 Å². The van der Waals surface area contributed by atoms with Crippen LogP contribution in [0.2, 0.25) is 0 Å². The molecule has 0 unspecified atom stereocenters. The van der Waals surface area contributed by atoms with Crippen molar-refractivity contribution in [3.8, 4) is 17.4 Å². The van der Waals surface area contributed by atoms with Crippen LogP contribution in [0.25, 0.3) is 16.5 Å². The monoisotopic (exact) mass is 722 g/mol. The molecular weight excluding hydrogens is 689 g/mol. The van der Waals surface area contributed by atoms with Gasteiger partial charge in [-0.2, -0.15) is 0 Å². The van der Waals surface area contributed by atoms with Crippen molar-refractivity contribution in [2.45, 2.75) is 70.9 Å². The second kappa shape index (κ2) is 12.3. The largest absolute Gasteiger partial charge is 0.573 e. The molecule has 3 aliphatic rings.